The molecule has 0 aromatic carbocycles. The van der Waals surface area contributed by atoms with Crippen molar-refractivity contribution < 1.29 is 28.6 Å². The number of hydrogen-bond donors (Lipinski definition) is 0. The highest BCUT2D eigenvalue weighted by Crippen LogP contribution is 2.15. The average molecular weight is 1060 g/mol. The van der Waals surface area contributed by atoms with E-state index in [2.05, 4.69) is 118 Å². The molecule has 0 saturated heterocycles. The highest BCUT2D eigenvalue weighted by atomic mass is 16.6. The summed E-state index contributed by atoms with van der Waals surface area (Å²) < 4.78 is 16.8. The molecule has 0 aliphatic rings. The lowest BCUT2D eigenvalue weighted by Gasteiger charge is -2.18. The van der Waals surface area contributed by atoms with Crippen LogP contribution < -0.4 is 0 Å². The van der Waals surface area contributed by atoms with E-state index >= 15 is 0 Å². The van der Waals surface area contributed by atoms with Gasteiger partial charge < -0.3 is 14.2 Å². The van der Waals surface area contributed by atoms with E-state index in [1.807, 2.05) is 6.08 Å². The number of carbonyl (C=O) groups is 3. The van der Waals surface area contributed by atoms with Crippen LogP contribution in [0.5, 0.6) is 0 Å². The third kappa shape index (κ3) is 60.9. The Morgan fingerprint density at radius 2 is 0.566 bits per heavy atom. The Morgan fingerprint density at radius 1 is 0.289 bits per heavy atom. The second kappa shape index (κ2) is 63.6. The first-order chi connectivity index (χ1) is 37.5. The van der Waals surface area contributed by atoms with Crippen molar-refractivity contribution in [3.63, 3.8) is 0 Å². The van der Waals surface area contributed by atoms with Crippen LogP contribution in [-0.4, -0.2) is 37.2 Å². The first-order valence-electron chi connectivity index (χ1n) is 31.9. The van der Waals surface area contributed by atoms with Crippen LogP contribution in [0.25, 0.3) is 0 Å². The number of esters is 3. The zero-order valence-corrected chi connectivity index (χ0v) is 49.7. The van der Waals surface area contributed by atoms with Crippen LogP contribution in [0, 0.1) is 0 Å². The molecule has 0 bridgehead atoms. The normalized spacial score (nSPS) is 12.8. The summed E-state index contributed by atoms with van der Waals surface area (Å²) in [5.41, 5.74) is 0. The maximum Gasteiger partial charge on any atom is 0.309 e. The van der Waals surface area contributed by atoms with Gasteiger partial charge in [0.05, 0.1) is 6.42 Å². The summed E-state index contributed by atoms with van der Waals surface area (Å²) in [6.45, 7) is 6.43. The van der Waals surface area contributed by atoms with Crippen molar-refractivity contribution in [1.82, 2.24) is 0 Å². The Balaban J connectivity index is 4.38. The minimum absolute atomic E-state index is 0.112. The first kappa shape index (κ1) is 72.1. The number of unbranched alkanes of at least 4 members (excludes halogenated alkanes) is 29. The predicted molar refractivity (Wildman–Crippen MR) is 330 cm³/mol. The van der Waals surface area contributed by atoms with Gasteiger partial charge in [-0.25, -0.2) is 0 Å². The molecule has 1 atom stereocenters. The van der Waals surface area contributed by atoms with Crippen molar-refractivity contribution in [1.29, 1.82) is 0 Å². The van der Waals surface area contributed by atoms with Crippen molar-refractivity contribution in [3.05, 3.63) is 109 Å². The molecule has 0 aliphatic heterocycles. The average Bonchev–Trinajstić information content (AvgIpc) is 3.42. The van der Waals surface area contributed by atoms with Crippen LogP contribution in [0.2, 0.25) is 0 Å². The van der Waals surface area contributed by atoms with Crippen molar-refractivity contribution in [2.75, 3.05) is 13.2 Å². The lowest BCUT2D eigenvalue weighted by Crippen LogP contribution is -2.30. The lowest BCUT2D eigenvalue weighted by atomic mass is 10.0. The fourth-order valence-electron chi connectivity index (χ4n) is 8.75. The van der Waals surface area contributed by atoms with Gasteiger partial charge in [0.1, 0.15) is 13.2 Å². The van der Waals surface area contributed by atoms with Crippen molar-refractivity contribution in [3.8, 4) is 0 Å². The molecule has 0 spiro atoms. The van der Waals surface area contributed by atoms with E-state index in [0.29, 0.717) is 12.8 Å². The van der Waals surface area contributed by atoms with Crippen LogP contribution in [0.1, 0.15) is 297 Å². The lowest BCUT2D eigenvalue weighted by molar-refractivity contribution is -0.166. The van der Waals surface area contributed by atoms with E-state index in [1.165, 1.54) is 161 Å². The number of ether oxygens (including phenoxy) is 3. The van der Waals surface area contributed by atoms with Gasteiger partial charge >= 0.3 is 17.9 Å². The second-order valence-electron chi connectivity index (χ2n) is 20.9. The zero-order chi connectivity index (χ0) is 55.0. The van der Waals surface area contributed by atoms with E-state index in [4.69, 9.17) is 14.2 Å². The van der Waals surface area contributed by atoms with Gasteiger partial charge in [-0.15, -0.1) is 0 Å². The molecule has 6 nitrogen and oxygen atoms in total. The number of carbonyl (C=O) groups excluding carboxylic acids is 3. The fraction of sp³-hybridized carbons (Fsp3) is 0.700. The molecule has 0 amide bonds. The molecule has 6 heteroatoms. The van der Waals surface area contributed by atoms with Gasteiger partial charge in [-0.1, -0.05) is 278 Å². The Morgan fingerprint density at radius 3 is 0.934 bits per heavy atom. The Bertz CT molecular complexity index is 1540. The Kier molecular flexibility index (Phi) is 60.3. The SMILES string of the molecule is CC/C=C\C/C=C\C/C=C\C/C=C\C/C=C\CC(=O)OCC(COC(=O)CCCCCCCCCCCCCC/C=C\C/C=C\C/C=C\CCCCCCC)OC(=O)CCCCCCC/C=C\CCCCCCCCC. The number of hydrogen-bond acceptors (Lipinski definition) is 6. The molecular formula is C70H118O6. The van der Waals surface area contributed by atoms with E-state index in [1.54, 1.807) is 6.08 Å². The molecule has 0 radical (unpaired) electrons. The van der Waals surface area contributed by atoms with Crippen LogP contribution >= 0.6 is 0 Å². The Labute approximate surface area is 470 Å². The number of allylic oxidation sites excluding steroid dienone is 17. The highest BCUT2D eigenvalue weighted by Gasteiger charge is 2.19. The summed E-state index contributed by atoms with van der Waals surface area (Å²) >= 11 is 0. The first-order valence-corrected chi connectivity index (χ1v) is 31.9. The quantitative estimate of drug-likeness (QED) is 0.0261. The summed E-state index contributed by atoms with van der Waals surface area (Å²) in [6, 6.07) is 0. The topological polar surface area (TPSA) is 78.9 Å². The predicted octanol–water partition coefficient (Wildman–Crippen LogP) is 21.8. The third-order valence-electron chi connectivity index (χ3n) is 13.5. The smallest absolute Gasteiger partial charge is 0.309 e. The standard InChI is InChI=1S/C70H118O6/c1-4-7-10-13-16-19-22-25-28-30-31-32-33-34-35-36-37-38-39-40-43-45-48-51-54-57-60-63-69(72)75-66-67(65-74-68(71)62-59-56-53-50-47-44-41-27-24-21-18-15-12-9-6-3)76-70(73)64-61-58-55-52-49-46-42-29-26-23-20-17-14-11-8-5-2/h9,12,18,21-22,25,27,29-31,33-34,41-42,47,50,56,59,67H,4-8,10-11,13-17,19-20,23-24,26,28,32,35-40,43-46,48-49,51-55,57-58,60-66H2,1-3H3/b12-9-,21-18-,25-22-,31-30-,34-33-,41-27-,42-29-,50-47-,59-56-. The van der Waals surface area contributed by atoms with E-state index in [9.17, 15) is 14.4 Å². The third-order valence-corrected chi connectivity index (χ3v) is 13.5. The van der Waals surface area contributed by atoms with Gasteiger partial charge in [-0.05, 0) is 109 Å². The van der Waals surface area contributed by atoms with Crippen LogP contribution in [0.15, 0.2) is 109 Å². The van der Waals surface area contributed by atoms with Gasteiger partial charge in [-0.3, -0.25) is 14.4 Å². The minimum atomic E-state index is -0.825. The molecule has 0 aromatic rings. The van der Waals surface area contributed by atoms with Gasteiger partial charge in [0, 0.05) is 12.8 Å². The maximum atomic E-state index is 12.9. The summed E-state index contributed by atoms with van der Waals surface area (Å²) in [5, 5.41) is 0. The molecular weight excluding hydrogens is 937 g/mol. The molecule has 0 N–H and O–H groups in total. The van der Waals surface area contributed by atoms with E-state index in [-0.39, 0.29) is 31.6 Å². The van der Waals surface area contributed by atoms with Gasteiger partial charge in [0.15, 0.2) is 6.10 Å². The van der Waals surface area contributed by atoms with Crippen LogP contribution in [0.4, 0.5) is 0 Å². The summed E-state index contributed by atoms with van der Waals surface area (Å²) in [6.07, 6.45) is 86.9. The maximum absolute atomic E-state index is 12.9. The largest absolute Gasteiger partial charge is 0.462 e. The zero-order valence-electron chi connectivity index (χ0n) is 49.7. The molecule has 0 saturated carbocycles. The number of rotatable bonds is 57. The highest BCUT2D eigenvalue weighted by molar-refractivity contribution is 5.72. The molecule has 0 heterocycles. The van der Waals surface area contributed by atoms with Crippen LogP contribution in [-0.2, 0) is 28.6 Å². The van der Waals surface area contributed by atoms with Gasteiger partial charge in [0.2, 0.25) is 0 Å². The molecule has 0 fully saturated rings. The summed E-state index contributed by atoms with van der Waals surface area (Å²) in [4.78, 5) is 38.2. The molecule has 0 aliphatic carbocycles. The van der Waals surface area contributed by atoms with Crippen LogP contribution in [0.3, 0.4) is 0 Å². The summed E-state index contributed by atoms with van der Waals surface area (Å²) in [7, 11) is 0. The fourth-order valence-corrected chi connectivity index (χ4v) is 8.75. The molecule has 0 aromatic heterocycles. The van der Waals surface area contributed by atoms with Gasteiger partial charge in [-0.2, -0.15) is 0 Å². The van der Waals surface area contributed by atoms with Crippen molar-refractivity contribution in [2.45, 2.75) is 303 Å². The monoisotopic (exact) mass is 1050 g/mol. The summed E-state index contributed by atoms with van der Waals surface area (Å²) in [5.74, 6) is -1.05. The van der Waals surface area contributed by atoms with E-state index < -0.39 is 12.1 Å². The molecule has 0 rings (SSSR count). The van der Waals surface area contributed by atoms with Crippen molar-refractivity contribution in [2.24, 2.45) is 0 Å². The minimum Gasteiger partial charge on any atom is -0.462 e. The van der Waals surface area contributed by atoms with Gasteiger partial charge in [0.25, 0.3) is 0 Å². The molecule has 434 valence electrons. The Hall–Kier alpha value is -3.93. The molecule has 76 heavy (non-hydrogen) atoms. The molecule has 1 unspecified atom stereocenters. The second-order valence-corrected chi connectivity index (χ2v) is 20.9. The van der Waals surface area contributed by atoms with E-state index in [0.717, 1.165) is 96.3 Å². The van der Waals surface area contributed by atoms with Crippen molar-refractivity contribution >= 4 is 17.9 Å².